The summed E-state index contributed by atoms with van der Waals surface area (Å²) in [6, 6.07) is 3.34. The summed E-state index contributed by atoms with van der Waals surface area (Å²) in [5.74, 6) is 0.318. The highest BCUT2D eigenvalue weighted by molar-refractivity contribution is 6.32. The predicted octanol–water partition coefficient (Wildman–Crippen LogP) is 4.57. The second kappa shape index (κ2) is 10.5. The molecule has 2 aliphatic carbocycles. The number of aliphatic hydroxyl groups is 2. The Kier molecular flexibility index (Phi) is 8.26. The molecule has 3 rings (SSSR count). The van der Waals surface area contributed by atoms with Gasteiger partial charge < -0.3 is 19.7 Å². The summed E-state index contributed by atoms with van der Waals surface area (Å²) in [4.78, 5) is 26.9. The van der Waals surface area contributed by atoms with Crippen LogP contribution in [-0.2, 0) is 9.59 Å². The molecule has 1 aromatic carbocycles. The van der Waals surface area contributed by atoms with Crippen molar-refractivity contribution in [2.24, 2.45) is 22.7 Å². The third-order valence-corrected chi connectivity index (χ3v) is 7.47. The van der Waals surface area contributed by atoms with Crippen LogP contribution in [0.25, 0.3) is 0 Å². The minimum atomic E-state index is -0.960. The van der Waals surface area contributed by atoms with E-state index in [-0.39, 0.29) is 52.6 Å². The monoisotopic (exact) mass is 504 g/mol. The molecule has 2 fully saturated rings. The maximum absolute atomic E-state index is 13.5. The number of ketones is 2. The molecule has 2 N–H and O–H groups in total. The van der Waals surface area contributed by atoms with Gasteiger partial charge >= 0.3 is 0 Å². The van der Waals surface area contributed by atoms with Crippen LogP contribution in [0.1, 0.15) is 71.8 Å². The Hall–Kier alpha value is -2.07. The number of carbonyl (C=O) groups is 2. The van der Waals surface area contributed by atoms with E-state index in [2.05, 4.69) is 5.92 Å². The summed E-state index contributed by atoms with van der Waals surface area (Å²) in [5.41, 5.74) is -0.147. The van der Waals surface area contributed by atoms with Crippen LogP contribution < -0.4 is 9.47 Å². The fourth-order valence-electron chi connectivity index (χ4n) is 5.95. The van der Waals surface area contributed by atoms with Crippen molar-refractivity contribution in [3.8, 4) is 23.8 Å². The average molecular weight is 505 g/mol. The van der Waals surface area contributed by atoms with Crippen LogP contribution in [0.2, 0.25) is 5.02 Å². The van der Waals surface area contributed by atoms with Crippen LogP contribution in [0, 0.1) is 35.0 Å². The first-order valence-electron chi connectivity index (χ1n) is 12.2. The first-order chi connectivity index (χ1) is 16.3. The van der Waals surface area contributed by atoms with E-state index in [0.717, 1.165) is 0 Å². The molecule has 0 aromatic heterocycles. The molecule has 1 aromatic rings. The summed E-state index contributed by atoms with van der Waals surface area (Å²) < 4.78 is 11.4. The van der Waals surface area contributed by atoms with Gasteiger partial charge in [0.15, 0.2) is 11.5 Å². The van der Waals surface area contributed by atoms with Gasteiger partial charge in [0.05, 0.1) is 35.7 Å². The van der Waals surface area contributed by atoms with Crippen molar-refractivity contribution in [2.45, 2.75) is 78.4 Å². The van der Waals surface area contributed by atoms with Crippen molar-refractivity contribution in [3.63, 3.8) is 0 Å². The molecular formula is C28H37ClO6. The molecule has 0 heterocycles. The molecule has 0 aliphatic heterocycles. The first-order valence-corrected chi connectivity index (χ1v) is 12.6. The van der Waals surface area contributed by atoms with Gasteiger partial charge in [-0.1, -0.05) is 45.2 Å². The van der Waals surface area contributed by atoms with Gasteiger partial charge in [0.25, 0.3) is 0 Å². The number of halogens is 1. The van der Waals surface area contributed by atoms with Crippen LogP contribution in [0.15, 0.2) is 12.1 Å². The van der Waals surface area contributed by atoms with Crippen LogP contribution in [0.5, 0.6) is 11.5 Å². The Labute approximate surface area is 213 Å². The zero-order valence-electron chi connectivity index (χ0n) is 21.3. The molecule has 2 saturated carbocycles. The maximum atomic E-state index is 13.5. The summed E-state index contributed by atoms with van der Waals surface area (Å²) in [5, 5.41) is 22.6. The summed E-state index contributed by atoms with van der Waals surface area (Å²) in [6.45, 7) is 9.93. The van der Waals surface area contributed by atoms with E-state index in [9.17, 15) is 19.8 Å². The van der Waals surface area contributed by atoms with Gasteiger partial charge in [-0.3, -0.25) is 9.59 Å². The molecule has 2 aliphatic rings. The number of aliphatic hydroxyl groups excluding tert-OH is 2. The number of ether oxygens (including phenoxy) is 2. The summed E-state index contributed by atoms with van der Waals surface area (Å²) in [7, 11) is 0. The van der Waals surface area contributed by atoms with Gasteiger partial charge in [-0.25, -0.2) is 0 Å². The lowest BCUT2D eigenvalue weighted by Crippen LogP contribution is -2.51. The minimum Gasteiger partial charge on any atom is -0.490 e. The van der Waals surface area contributed by atoms with Crippen molar-refractivity contribution < 1.29 is 29.3 Å². The van der Waals surface area contributed by atoms with Gasteiger partial charge in [0.2, 0.25) is 0 Å². The SMILES string of the molecule is C#CCOc1c(Cl)cc(C([C@H]2C(=O)CC(C)(C)C[C@H]2O)[C@@H]2C(=O)CC(C)(C)C[C@@H]2O)cc1OCC. The molecule has 0 amide bonds. The summed E-state index contributed by atoms with van der Waals surface area (Å²) in [6.07, 6.45) is 4.81. The van der Waals surface area contributed by atoms with Crippen LogP contribution in [-0.4, -0.2) is 47.2 Å². The fraction of sp³-hybridized carbons (Fsp3) is 0.643. The highest BCUT2D eigenvalue weighted by Crippen LogP contribution is 2.51. The van der Waals surface area contributed by atoms with Crippen molar-refractivity contribution in [3.05, 3.63) is 22.7 Å². The van der Waals surface area contributed by atoms with Gasteiger partial charge in [-0.05, 0) is 48.3 Å². The second-order valence-electron chi connectivity index (χ2n) is 11.5. The third-order valence-electron chi connectivity index (χ3n) is 7.19. The number of carbonyl (C=O) groups excluding carboxylic acids is 2. The maximum Gasteiger partial charge on any atom is 0.181 e. The number of terminal acetylenes is 1. The lowest BCUT2D eigenvalue weighted by atomic mass is 9.58. The third kappa shape index (κ3) is 6.02. The fourth-order valence-corrected chi connectivity index (χ4v) is 6.23. The lowest BCUT2D eigenvalue weighted by molar-refractivity contribution is -0.144. The molecule has 0 radical (unpaired) electrons. The molecule has 35 heavy (non-hydrogen) atoms. The number of hydrogen-bond acceptors (Lipinski definition) is 6. The molecule has 5 atom stereocenters. The Morgan fingerprint density at radius 2 is 1.54 bits per heavy atom. The van der Waals surface area contributed by atoms with Crippen molar-refractivity contribution >= 4 is 23.2 Å². The first kappa shape index (κ1) is 27.5. The Morgan fingerprint density at radius 1 is 1.03 bits per heavy atom. The van der Waals surface area contributed by atoms with Gasteiger partial charge in [0.1, 0.15) is 18.2 Å². The number of rotatable bonds is 7. The van der Waals surface area contributed by atoms with Crippen molar-refractivity contribution in [2.75, 3.05) is 13.2 Å². The normalized spacial score (nSPS) is 28.8. The Bertz CT molecular complexity index is 965. The minimum absolute atomic E-state index is 0.00755. The van der Waals surface area contributed by atoms with Crippen LogP contribution in [0.4, 0.5) is 0 Å². The van der Waals surface area contributed by atoms with Crippen molar-refractivity contribution in [1.29, 1.82) is 0 Å². The molecule has 7 heteroatoms. The Balaban J connectivity index is 2.16. The molecule has 6 nitrogen and oxygen atoms in total. The smallest absolute Gasteiger partial charge is 0.181 e. The molecule has 0 bridgehead atoms. The zero-order valence-corrected chi connectivity index (χ0v) is 22.0. The number of benzene rings is 1. The zero-order chi connectivity index (χ0) is 26.1. The van der Waals surface area contributed by atoms with E-state index in [1.165, 1.54) is 0 Å². The molecular weight excluding hydrogens is 468 g/mol. The topological polar surface area (TPSA) is 93.1 Å². The average Bonchev–Trinajstić information content (AvgIpc) is 2.69. The largest absolute Gasteiger partial charge is 0.490 e. The van der Waals surface area contributed by atoms with Crippen LogP contribution >= 0.6 is 11.6 Å². The molecule has 192 valence electrons. The highest BCUT2D eigenvalue weighted by Gasteiger charge is 2.52. The predicted molar refractivity (Wildman–Crippen MR) is 135 cm³/mol. The standard InChI is InChI=1S/C28H37ClO6/c1-7-9-35-26-17(29)10-16(11-22(26)34-8-2)23(24-18(30)12-27(3,4)13-19(24)31)25-20(32)14-28(5,6)15-21(25)33/h1,10-11,18,20,23-25,30,32H,8-9,12-15H2,2-6H3/t18-,20+,23?,24-,25+. The molecule has 0 spiro atoms. The van der Waals surface area contributed by atoms with E-state index in [4.69, 9.17) is 27.5 Å². The molecule has 1 unspecified atom stereocenters. The second-order valence-corrected chi connectivity index (χ2v) is 11.9. The Morgan fingerprint density at radius 3 is 1.97 bits per heavy atom. The van der Waals surface area contributed by atoms with E-state index >= 15 is 0 Å². The van der Waals surface area contributed by atoms with Crippen molar-refractivity contribution in [1.82, 2.24) is 0 Å². The lowest BCUT2D eigenvalue weighted by Gasteiger charge is -2.46. The van der Waals surface area contributed by atoms with E-state index in [0.29, 0.717) is 30.8 Å². The van der Waals surface area contributed by atoms with E-state index in [1.807, 2.05) is 34.6 Å². The molecule has 0 saturated heterocycles. The summed E-state index contributed by atoms with van der Waals surface area (Å²) >= 11 is 6.60. The van der Waals surface area contributed by atoms with E-state index in [1.54, 1.807) is 12.1 Å². The quantitative estimate of drug-likeness (QED) is 0.528. The van der Waals surface area contributed by atoms with Gasteiger partial charge in [0, 0.05) is 18.8 Å². The van der Waals surface area contributed by atoms with Gasteiger partial charge in [-0.2, -0.15) is 0 Å². The number of Topliss-reactive ketones (excluding diaryl/α,β-unsaturated/α-hetero) is 2. The number of hydrogen-bond donors (Lipinski definition) is 2. The highest BCUT2D eigenvalue weighted by atomic mass is 35.5. The van der Waals surface area contributed by atoms with E-state index < -0.39 is 30.0 Å². The van der Waals surface area contributed by atoms with Crippen LogP contribution in [0.3, 0.4) is 0 Å². The van der Waals surface area contributed by atoms with Gasteiger partial charge in [-0.15, -0.1) is 6.42 Å².